The van der Waals surface area contributed by atoms with E-state index in [1.54, 1.807) is 0 Å². The number of aryl methyl sites for hydroxylation is 2. The Kier molecular flexibility index (Phi) is 5.94. The Bertz CT molecular complexity index is 596. The molecule has 6 heteroatoms. The first kappa shape index (κ1) is 16.0. The molecular weight excluding hydrogens is 282 g/mol. The van der Waals surface area contributed by atoms with Gasteiger partial charge in [0.1, 0.15) is 5.75 Å². The minimum absolute atomic E-state index is 0.0877. The molecule has 118 valence electrons. The largest absolute Gasteiger partial charge is 0.494 e. The van der Waals surface area contributed by atoms with E-state index in [0.717, 1.165) is 36.5 Å². The fourth-order valence-corrected chi connectivity index (χ4v) is 2.14. The molecule has 0 unspecified atom stereocenters. The van der Waals surface area contributed by atoms with E-state index < -0.39 is 5.97 Å². The van der Waals surface area contributed by atoms with E-state index in [2.05, 4.69) is 10.3 Å². The monoisotopic (exact) mass is 303 g/mol. The molecule has 0 fully saturated rings. The molecule has 0 amide bonds. The van der Waals surface area contributed by atoms with E-state index in [4.69, 9.17) is 9.84 Å². The van der Waals surface area contributed by atoms with Crippen molar-refractivity contribution >= 4 is 5.97 Å². The van der Waals surface area contributed by atoms with Crippen molar-refractivity contribution in [1.29, 1.82) is 0 Å². The average Bonchev–Trinajstić information content (AvgIpc) is 2.86. The van der Waals surface area contributed by atoms with Gasteiger partial charge in [-0.1, -0.05) is 23.4 Å². The van der Waals surface area contributed by atoms with Gasteiger partial charge in [-0.25, -0.2) is 4.68 Å². The maximum absolute atomic E-state index is 10.6. The van der Waals surface area contributed by atoms with Gasteiger partial charge in [0, 0.05) is 13.0 Å². The third-order valence-electron chi connectivity index (χ3n) is 3.43. The second kappa shape index (κ2) is 8.17. The van der Waals surface area contributed by atoms with Crippen LogP contribution in [0.25, 0.3) is 0 Å². The quantitative estimate of drug-likeness (QED) is 0.720. The van der Waals surface area contributed by atoms with Gasteiger partial charge in [-0.2, -0.15) is 0 Å². The molecule has 1 heterocycles. The fourth-order valence-electron chi connectivity index (χ4n) is 2.14. The molecule has 0 radical (unpaired) electrons. The van der Waals surface area contributed by atoms with Gasteiger partial charge in [-0.05, 0) is 31.9 Å². The molecular formula is C16H21N3O3. The minimum Gasteiger partial charge on any atom is -0.494 e. The minimum atomic E-state index is -0.813. The maximum Gasteiger partial charge on any atom is 0.303 e. The Labute approximate surface area is 129 Å². The van der Waals surface area contributed by atoms with Crippen LogP contribution < -0.4 is 4.74 Å². The molecule has 22 heavy (non-hydrogen) atoms. The van der Waals surface area contributed by atoms with Crippen molar-refractivity contribution < 1.29 is 14.6 Å². The zero-order chi connectivity index (χ0) is 15.8. The SMILES string of the molecule is Cc1c(CCC(=O)O)nnn1CCCCOc1ccccc1. The second-order valence-electron chi connectivity index (χ2n) is 5.11. The van der Waals surface area contributed by atoms with Crippen molar-refractivity contribution in [3.63, 3.8) is 0 Å². The van der Waals surface area contributed by atoms with Crippen LogP contribution in [-0.4, -0.2) is 32.7 Å². The van der Waals surface area contributed by atoms with Gasteiger partial charge in [0.2, 0.25) is 0 Å². The molecule has 6 nitrogen and oxygen atoms in total. The Balaban J connectivity index is 1.70. The second-order valence-corrected chi connectivity index (χ2v) is 5.11. The predicted molar refractivity (Wildman–Crippen MR) is 81.9 cm³/mol. The number of carboxylic acids is 1. The molecule has 0 spiro atoms. The van der Waals surface area contributed by atoms with E-state index >= 15 is 0 Å². The van der Waals surface area contributed by atoms with Crippen molar-refractivity contribution in [3.8, 4) is 5.75 Å². The highest BCUT2D eigenvalue weighted by Gasteiger charge is 2.09. The topological polar surface area (TPSA) is 77.2 Å². The molecule has 1 aromatic carbocycles. The van der Waals surface area contributed by atoms with Gasteiger partial charge in [0.15, 0.2) is 0 Å². The van der Waals surface area contributed by atoms with Crippen LogP contribution in [0.4, 0.5) is 0 Å². The highest BCUT2D eigenvalue weighted by Crippen LogP contribution is 2.10. The Morgan fingerprint density at radius 1 is 1.27 bits per heavy atom. The molecule has 0 aliphatic rings. The zero-order valence-corrected chi connectivity index (χ0v) is 12.7. The number of ether oxygens (including phenoxy) is 1. The first-order chi connectivity index (χ1) is 10.7. The molecule has 0 aliphatic carbocycles. The summed E-state index contributed by atoms with van der Waals surface area (Å²) in [6, 6.07) is 9.74. The highest BCUT2D eigenvalue weighted by molar-refractivity contribution is 5.67. The lowest BCUT2D eigenvalue weighted by atomic mass is 10.2. The summed E-state index contributed by atoms with van der Waals surface area (Å²) >= 11 is 0. The van der Waals surface area contributed by atoms with Crippen molar-refractivity contribution in [3.05, 3.63) is 41.7 Å². The summed E-state index contributed by atoms with van der Waals surface area (Å²) in [6.07, 6.45) is 2.39. The Morgan fingerprint density at radius 2 is 2.05 bits per heavy atom. The molecule has 2 aromatic rings. The number of benzene rings is 1. The lowest BCUT2D eigenvalue weighted by Crippen LogP contribution is -2.06. The number of para-hydroxylation sites is 1. The van der Waals surface area contributed by atoms with Crippen LogP contribution >= 0.6 is 0 Å². The molecule has 2 rings (SSSR count). The molecule has 1 aromatic heterocycles. The highest BCUT2D eigenvalue weighted by atomic mass is 16.5. The molecule has 1 N–H and O–H groups in total. The number of hydrogen-bond acceptors (Lipinski definition) is 4. The van der Waals surface area contributed by atoms with Gasteiger partial charge < -0.3 is 9.84 Å². The number of rotatable bonds is 9. The van der Waals surface area contributed by atoms with Gasteiger partial charge in [0.25, 0.3) is 0 Å². The Morgan fingerprint density at radius 3 is 2.77 bits per heavy atom. The number of aromatic nitrogens is 3. The lowest BCUT2D eigenvalue weighted by Gasteiger charge is -2.06. The number of carbonyl (C=O) groups is 1. The molecule has 0 saturated heterocycles. The van der Waals surface area contributed by atoms with Crippen LogP contribution in [0, 0.1) is 6.92 Å². The number of aliphatic carboxylic acids is 1. The molecule has 0 bridgehead atoms. The predicted octanol–water partition coefficient (Wildman–Crippen LogP) is 2.46. The fraction of sp³-hybridized carbons (Fsp3) is 0.438. The van der Waals surface area contributed by atoms with E-state index in [-0.39, 0.29) is 6.42 Å². The zero-order valence-electron chi connectivity index (χ0n) is 12.7. The first-order valence-electron chi connectivity index (χ1n) is 7.45. The Hall–Kier alpha value is -2.37. The summed E-state index contributed by atoms with van der Waals surface area (Å²) in [5.41, 5.74) is 1.72. The maximum atomic E-state index is 10.6. The van der Waals surface area contributed by atoms with E-state index in [0.29, 0.717) is 13.0 Å². The standard InChI is InChI=1S/C16H21N3O3/c1-13-15(9-10-16(20)21)17-18-19(13)11-5-6-12-22-14-7-3-2-4-8-14/h2-4,7-8H,5-6,9-12H2,1H3,(H,20,21). The van der Waals surface area contributed by atoms with Crippen LogP contribution in [-0.2, 0) is 17.8 Å². The third-order valence-corrected chi connectivity index (χ3v) is 3.43. The van der Waals surface area contributed by atoms with Gasteiger partial charge >= 0.3 is 5.97 Å². The van der Waals surface area contributed by atoms with Crippen LogP contribution in [0.1, 0.15) is 30.7 Å². The number of unbranched alkanes of at least 4 members (excludes halogenated alkanes) is 1. The van der Waals surface area contributed by atoms with Crippen molar-refractivity contribution in [1.82, 2.24) is 15.0 Å². The molecule has 0 atom stereocenters. The van der Waals surface area contributed by atoms with Gasteiger partial charge in [-0.15, -0.1) is 5.10 Å². The van der Waals surface area contributed by atoms with E-state index in [1.807, 2.05) is 41.9 Å². The van der Waals surface area contributed by atoms with Crippen LogP contribution in [0.5, 0.6) is 5.75 Å². The van der Waals surface area contributed by atoms with Crippen LogP contribution in [0.2, 0.25) is 0 Å². The number of hydrogen-bond donors (Lipinski definition) is 1. The van der Waals surface area contributed by atoms with Crippen LogP contribution in [0.3, 0.4) is 0 Å². The number of carboxylic acid groups (broad SMARTS) is 1. The smallest absolute Gasteiger partial charge is 0.303 e. The summed E-state index contributed by atoms with van der Waals surface area (Å²) in [6.45, 7) is 3.37. The summed E-state index contributed by atoms with van der Waals surface area (Å²) in [5, 5.41) is 16.8. The first-order valence-corrected chi connectivity index (χ1v) is 7.45. The van der Waals surface area contributed by atoms with E-state index in [1.165, 1.54) is 0 Å². The van der Waals surface area contributed by atoms with Crippen molar-refractivity contribution in [2.45, 2.75) is 39.2 Å². The summed E-state index contributed by atoms with van der Waals surface area (Å²) in [4.78, 5) is 10.6. The van der Waals surface area contributed by atoms with Crippen molar-refractivity contribution in [2.24, 2.45) is 0 Å². The summed E-state index contributed by atoms with van der Waals surface area (Å²) in [5.74, 6) is 0.0717. The summed E-state index contributed by atoms with van der Waals surface area (Å²) < 4.78 is 7.47. The average molecular weight is 303 g/mol. The van der Waals surface area contributed by atoms with Crippen molar-refractivity contribution in [2.75, 3.05) is 6.61 Å². The number of nitrogens with zero attached hydrogens (tertiary/aromatic N) is 3. The molecule has 0 aliphatic heterocycles. The van der Waals surface area contributed by atoms with Gasteiger partial charge in [0.05, 0.1) is 24.4 Å². The lowest BCUT2D eigenvalue weighted by molar-refractivity contribution is -0.136. The normalized spacial score (nSPS) is 10.6. The van der Waals surface area contributed by atoms with E-state index in [9.17, 15) is 4.79 Å². The summed E-state index contributed by atoms with van der Waals surface area (Å²) in [7, 11) is 0. The van der Waals surface area contributed by atoms with Crippen LogP contribution in [0.15, 0.2) is 30.3 Å². The van der Waals surface area contributed by atoms with Gasteiger partial charge in [-0.3, -0.25) is 4.79 Å². The molecule has 0 saturated carbocycles. The third kappa shape index (κ3) is 4.87.